The summed E-state index contributed by atoms with van der Waals surface area (Å²) in [5.74, 6) is -0.305. The van der Waals surface area contributed by atoms with Crippen molar-refractivity contribution in [3.05, 3.63) is 27.7 Å². The van der Waals surface area contributed by atoms with Gasteiger partial charge in [0.1, 0.15) is 11.3 Å². The van der Waals surface area contributed by atoms with Gasteiger partial charge in [-0.15, -0.1) is 0 Å². The zero-order valence-corrected chi connectivity index (χ0v) is 9.32. The van der Waals surface area contributed by atoms with E-state index in [4.69, 9.17) is 5.11 Å². The fraction of sp³-hybridized carbons (Fsp3) is 0.333. The smallest absolute Gasteiger partial charge is 0.420 e. The minimum atomic E-state index is -4.54. The topological polar surface area (TPSA) is 29.5 Å². The van der Waals surface area contributed by atoms with E-state index < -0.39 is 18.3 Å². The molecular weight excluding hydrogens is 277 g/mol. The molecule has 0 bridgehead atoms. The lowest BCUT2D eigenvalue weighted by Crippen LogP contribution is -2.11. The molecule has 0 saturated heterocycles. The van der Waals surface area contributed by atoms with Gasteiger partial charge in [0.25, 0.3) is 0 Å². The first-order chi connectivity index (χ1) is 6.90. The highest BCUT2D eigenvalue weighted by Crippen LogP contribution is 2.40. The predicted octanol–water partition coefficient (Wildman–Crippen LogP) is 2.97. The van der Waals surface area contributed by atoms with Crippen LogP contribution in [0.15, 0.2) is 16.6 Å². The van der Waals surface area contributed by atoms with Crippen molar-refractivity contribution in [1.82, 2.24) is 0 Å². The molecule has 0 atom stereocenters. The lowest BCUT2D eigenvalue weighted by Gasteiger charge is -2.15. The van der Waals surface area contributed by atoms with Gasteiger partial charge in [0.05, 0.1) is 13.7 Å². The van der Waals surface area contributed by atoms with Gasteiger partial charge in [-0.3, -0.25) is 0 Å². The van der Waals surface area contributed by atoms with Crippen molar-refractivity contribution in [2.45, 2.75) is 12.8 Å². The van der Waals surface area contributed by atoms with Gasteiger partial charge in [0.15, 0.2) is 0 Å². The number of alkyl halides is 3. The van der Waals surface area contributed by atoms with Crippen LogP contribution in [0.25, 0.3) is 0 Å². The first-order valence-corrected chi connectivity index (χ1v) is 4.74. The Bertz CT molecular complexity index is 338. The highest BCUT2D eigenvalue weighted by Gasteiger charge is 2.37. The summed E-state index contributed by atoms with van der Waals surface area (Å²) in [5.41, 5.74) is -1.15. The third-order valence-corrected chi connectivity index (χ3v) is 2.28. The van der Waals surface area contributed by atoms with E-state index in [2.05, 4.69) is 20.7 Å². The van der Waals surface area contributed by atoms with E-state index in [-0.39, 0.29) is 11.3 Å². The molecule has 1 N–H and O–H groups in total. The van der Waals surface area contributed by atoms with Crippen LogP contribution in [0.2, 0.25) is 0 Å². The maximum absolute atomic E-state index is 12.6. The van der Waals surface area contributed by atoms with Gasteiger partial charge < -0.3 is 9.84 Å². The zero-order valence-electron chi connectivity index (χ0n) is 7.73. The number of ether oxygens (including phenoxy) is 1. The molecule has 0 radical (unpaired) electrons. The molecule has 84 valence electrons. The van der Waals surface area contributed by atoms with Gasteiger partial charge >= 0.3 is 6.18 Å². The lowest BCUT2D eigenvalue weighted by molar-refractivity contribution is -0.139. The molecule has 0 spiro atoms. The van der Waals surface area contributed by atoms with Crippen molar-refractivity contribution in [2.24, 2.45) is 0 Å². The van der Waals surface area contributed by atoms with Crippen molar-refractivity contribution in [3.63, 3.8) is 0 Å². The summed E-state index contributed by atoms with van der Waals surface area (Å²) in [5, 5.41) is 8.85. The largest absolute Gasteiger partial charge is 0.496 e. The Labute approximate surface area is 92.8 Å². The highest BCUT2D eigenvalue weighted by molar-refractivity contribution is 9.10. The normalized spacial score (nSPS) is 11.6. The van der Waals surface area contributed by atoms with Gasteiger partial charge in [0, 0.05) is 4.47 Å². The molecule has 6 heteroatoms. The van der Waals surface area contributed by atoms with Crippen molar-refractivity contribution in [3.8, 4) is 5.75 Å². The molecule has 0 aliphatic heterocycles. The molecule has 1 aromatic rings. The number of aliphatic hydroxyl groups excluding tert-OH is 1. The molecule has 1 rings (SSSR count). The van der Waals surface area contributed by atoms with Gasteiger partial charge in [-0.05, 0) is 17.7 Å². The zero-order chi connectivity index (χ0) is 11.6. The SMILES string of the molecule is COc1cc(Br)cc(CO)c1C(F)(F)F. The van der Waals surface area contributed by atoms with E-state index in [9.17, 15) is 13.2 Å². The van der Waals surface area contributed by atoms with Crippen LogP contribution in [-0.4, -0.2) is 12.2 Å². The van der Waals surface area contributed by atoms with E-state index in [1.54, 1.807) is 0 Å². The fourth-order valence-corrected chi connectivity index (χ4v) is 1.73. The Morgan fingerprint density at radius 2 is 2.00 bits per heavy atom. The summed E-state index contributed by atoms with van der Waals surface area (Å²) in [6, 6.07) is 2.42. The standard InChI is InChI=1S/C9H8BrF3O2/c1-15-7-3-6(10)2-5(4-14)8(7)9(11,12)13/h2-3,14H,4H2,1H3. The van der Waals surface area contributed by atoms with Crippen LogP contribution in [-0.2, 0) is 12.8 Å². The quantitative estimate of drug-likeness (QED) is 0.905. The number of rotatable bonds is 2. The number of benzene rings is 1. The number of halogens is 4. The molecule has 0 unspecified atom stereocenters. The van der Waals surface area contributed by atoms with Gasteiger partial charge in [-0.2, -0.15) is 13.2 Å². The Morgan fingerprint density at radius 1 is 1.40 bits per heavy atom. The second-order valence-corrected chi connectivity index (χ2v) is 3.71. The van der Waals surface area contributed by atoms with E-state index in [0.29, 0.717) is 4.47 Å². The maximum atomic E-state index is 12.6. The number of aliphatic hydroxyl groups is 1. The predicted molar refractivity (Wildman–Crippen MR) is 51.6 cm³/mol. The molecule has 0 aromatic heterocycles. The Kier molecular flexibility index (Phi) is 3.62. The second kappa shape index (κ2) is 4.40. The van der Waals surface area contributed by atoms with Gasteiger partial charge in [-0.25, -0.2) is 0 Å². The van der Waals surface area contributed by atoms with E-state index in [1.165, 1.54) is 12.1 Å². The van der Waals surface area contributed by atoms with Gasteiger partial charge in [-0.1, -0.05) is 15.9 Å². The summed E-state index contributed by atoms with van der Waals surface area (Å²) >= 11 is 3.04. The number of methoxy groups -OCH3 is 1. The monoisotopic (exact) mass is 284 g/mol. The molecule has 0 fully saturated rings. The summed E-state index contributed by atoms with van der Waals surface area (Å²) in [6.45, 7) is -0.690. The maximum Gasteiger partial charge on any atom is 0.420 e. The Balaban J connectivity index is 3.44. The number of hydrogen-bond acceptors (Lipinski definition) is 2. The van der Waals surface area contributed by atoms with Crippen LogP contribution in [0, 0.1) is 0 Å². The van der Waals surface area contributed by atoms with Crippen LogP contribution in [0.3, 0.4) is 0 Å². The van der Waals surface area contributed by atoms with Crippen molar-refractivity contribution < 1.29 is 23.0 Å². The molecule has 0 heterocycles. The summed E-state index contributed by atoms with van der Waals surface area (Å²) in [6.07, 6.45) is -4.54. The minimum Gasteiger partial charge on any atom is -0.496 e. The average molecular weight is 285 g/mol. The van der Waals surface area contributed by atoms with Crippen LogP contribution in [0.5, 0.6) is 5.75 Å². The van der Waals surface area contributed by atoms with E-state index in [0.717, 1.165) is 7.11 Å². The summed E-state index contributed by atoms with van der Waals surface area (Å²) < 4.78 is 42.9. The van der Waals surface area contributed by atoms with Crippen LogP contribution >= 0.6 is 15.9 Å². The molecular formula is C9H8BrF3O2. The highest BCUT2D eigenvalue weighted by atomic mass is 79.9. The molecule has 0 aliphatic rings. The minimum absolute atomic E-state index is 0.214. The van der Waals surface area contributed by atoms with Crippen molar-refractivity contribution in [1.29, 1.82) is 0 Å². The first-order valence-electron chi connectivity index (χ1n) is 3.94. The first kappa shape index (κ1) is 12.3. The number of hydrogen-bond donors (Lipinski definition) is 1. The van der Waals surface area contributed by atoms with Crippen molar-refractivity contribution >= 4 is 15.9 Å². The molecule has 0 aliphatic carbocycles. The van der Waals surface area contributed by atoms with E-state index >= 15 is 0 Å². The van der Waals surface area contributed by atoms with Crippen LogP contribution < -0.4 is 4.74 Å². The molecule has 15 heavy (non-hydrogen) atoms. The Hall–Kier alpha value is -0.750. The Morgan fingerprint density at radius 3 is 2.40 bits per heavy atom. The average Bonchev–Trinajstić information content (AvgIpc) is 2.14. The summed E-state index contributed by atoms with van der Waals surface area (Å²) in [4.78, 5) is 0. The molecule has 2 nitrogen and oxygen atoms in total. The fourth-order valence-electron chi connectivity index (χ4n) is 1.24. The molecule has 1 aromatic carbocycles. The van der Waals surface area contributed by atoms with E-state index in [1.807, 2.05) is 0 Å². The van der Waals surface area contributed by atoms with Crippen molar-refractivity contribution in [2.75, 3.05) is 7.11 Å². The molecule has 0 saturated carbocycles. The third-order valence-electron chi connectivity index (χ3n) is 1.82. The second-order valence-electron chi connectivity index (χ2n) is 2.80. The lowest BCUT2D eigenvalue weighted by atomic mass is 10.1. The molecule has 0 amide bonds. The van der Waals surface area contributed by atoms with Crippen LogP contribution in [0.1, 0.15) is 11.1 Å². The van der Waals surface area contributed by atoms with Gasteiger partial charge in [0.2, 0.25) is 0 Å². The van der Waals surface area contributed by atoms with Crippen LogP contribution in [0.4, 0.5) is 13.2 Å². The summed E-state index contributed by atoms with van der Waals surface area (Å²) in [7, 11) is 1.15. The third kappa shape index (κ3) is 2.63.